The van der Waals surface area contributed by atoms with Crippen molar-refractivity contribution in [2.45, 2.75) is 120 Å². The van der Waals surface area contributed by atoms with Crippen LogP contribution in [0.3, 0.4) is 0 Å². The van der Waals surface area contributed by atoms with Gasteiger partial charge in [0, 0.05) is 39.0 Å². The molecule has 0 N–H and O–H groups in total. The maximum atomic E-state index is 10.6. The van der Waals surface area contributed by atoms with E-state index in [1.807, 2.05) is 110 Å². The van der Waals surface area contributed by atoms with Gasteiger partial charge in [0.1, 0.15) is 29.1 Å². The van der Waals surface area contributed by atoms with Crippen LogP contribution in [0.4, 0.5) is 5.69 Å². The highest BCUT2D eigenvalue weighted by Crippen LogP contribution is 2.57. The van der Waals surface area contributed by atoms with Gasteiger partial charge in [0.15, 0.2) is 0 Å². The van der Waals surface area contributed by atoms with Gasteiger partial charge in [-0.3, -0.25) is 0 Å². The van der Waals surface area contributed by atoms with Crippen molar-refractivity contribution in [1.29, 1.82) is 5.26 Å². The van der Waals surface area contributed by atoms with E-state index in [0.29, 0.717) is 11.3 Å². The number of hydrogen-bond acceptors (Lipinski definition) is 10. The molecule has 0 saturated carbocycles. The van der Waals surface area contributed by atoms with E-state index >= 15 is 0 Å². The lowest BCUT2D eigenvalue weighted by atomic mass is 9.95. The fourth-order valence-corrected chi connectivity index (χ4v) is 15.4. The second-order valence-corrected chi connectivity index (χ2v) is 22.0. The Morgan fingerprint density at radius 2 is 0.969 bits per heavy atom. The van der Waals surface area contributed by atoms with Gasteiger partial charge in [-0.2, -0.15) is 5.26 Å². The molecular weight excluding hydrogens is 901 g/mol. The van der Waals surface area contributed by atoms with Crippen LogP contribution in [-0.4, -0.2) is 26.4 Å². The van der Waals surface area contributed by atoms with Crippen LogP contribution in [0.2, 0.25) is 0 Å². The van der Waals surface area contributed by atoms with Crippen molar-refractivity contribution in [2.24, 2.45) is 0 Å². The van der Waals surface area contributed by atoms with Crippen molar-refractivity contribution in [3.05, 3.63) is 98.9 Å². The van der Waals surface area contributed by atoms with Crippen molar-refractivity contribution in [3.8, 4) is 89.0 Å². The number of hydrogen-bond donors (Lipinski definition) is 0. The smallest absolute Gasteiger partial charge is 0.206 e. The second-order valence-electron chi connectivity index (χ2n) is 16.8. The number of methoxy groups -OCH3 is 2. The fourth-order valence-electron chi connectivity index (χ4n) is 8.23. The van der Waals surface area contributed by atoms with Gasteiger partial charge < -0.3 is 18.9 Å². The third kappa shape index (κ3) is 9.42. The summed E-state index contributed by atoms with van der Waals surface area (Å²) >= 11 is 8.88. The molecule has 5 aromatic heterocycles. The van der Waals surface area contributed by atoms with Crippen molar-refractivity contribution in [1.82, 2.24) is 0 Å². The molecular formula is C54H58N2O4S5. The van der Waals surface area contributed by atoms with Crippen LogP contribution in [0.5, 0.6) is 23.0 Å². The van der Waals surface area contributed by atoms with Gasteiger partial charge in [-0.15, -0.1) is 56.7 Å². The largest absolute Gasteiger partial charge is 0.496 e. The molecule has 7 aromatic rings. The molecule has 0 aliphatic heterocycles. The van der Waals surface area contributed by atoms with E-state index in [2.05, 4.69) is 52.5 Å². The monoisotopic (exact) mass is 958 g/mol. The Kier molecular flexibility index (Phi) is 15.3. The highest BCUT2D eigenvalue weighted by molar-refractivity contribution is 7.31. The Morgan fingerprint density at radius 3 is 1.38 bits per heavy atom. The summed E-state index contributed by atoms with van der Waals surface area (Å²) < 4.78 is 24.3. The third-order valence-electron chi connectivity index (χ3n) is 11.7. The summed E-state index contributed by atoms with van der Waals surface area (Å²) in [6.45, 7) is 29.9. The van der Waals surface area contributed by atoms with Crippen molar-refractivity contribution >= 4 is 62.4 Å². The first-order chi connectivity index (χ1) is 31.3. The second kappa shape index (κ2) is 20.7. The number of rotatable bonds is 18. The Hall–Kier alpha value is -4.88. The standard InChI is InChI=1S/C54H58N2O4S5/c1-14-16-20-36-37(21-17-15-2)53(49-33(9)34(10)50(64-49)54-38(56-11)27-44(62-54)46-40(58-13)23-19-25-42(46)60-30(5)6)65-52(36)48-32(8)31(7)47(63-48)51-35(28-55)26-43(61-51)45-39(57-12)22-18-24-41(45)59-29(3)4/h18-19,22-27,29-30H,14-17,20-21H2,1-10,12-13H3. The Morgan fingerprint density at radius 1 is 0.569 bits per heavy atom. The van der Waals surface area contributed by atoms with E-state index in [0.717, 1.165) is 102 Å². The Labute approximate surface area is 405 Å². The van der Waals surface area contributed by atoms with Crippen LogP contribution < -0.4 is 18.9 Å². The van der Waals surface area contributed by atoms with E-state index in [1.54, 1.807) is 36.9 Å². The minimum absolute atomic E-state index is 0.0139. The van der Waals surface area contributed by atoms with E-state index in [-0.39, 0.29) is 12.2 Å². The molecule has 7 rings (SSSR count). The molecule has 0 saturated heterocycles. The van der Waals surface area contributed by atoms with Crippen LogP contribution in [0, 0.1) is 45.6 Å². The molecule has 6 nitrogen and oxygen atoms in total. The molecule has 2 aromatic carbocycles. The SMILES string of the molecule is [C-]#[N+]c1cc(-c2c(OC)cccc2OC(C)C)sc1-c1sc(-c2sc(-c3sc(-c4sc(-c5c(OC)cccc5OC(C)C)cc4C#N)c(C)c3C)c(CCCC)c2CCCC)c(C)c1C. The predicted octanol–water partition coefficient (Wildman–Crippen LogP) is 17.9. The van der Waals surface area contributed by atoms with Crippen molar-refractivity contribution < 1.29 is 18.9 Å². The first-order valence-corrected chi connectivity index (χ1v) is 26.5. The van der Waals surface area contributed by atoms with E-state index in [4.69, 9.17) is 25.5 Å². The molecule has 0 spiro atoms. The maximum Gasteiger partial charge on any atom is 0.206 e. The summed E-state index contributed by atoms with van der Waals surface area (Å²) in [7, 11) is 3.37. The molecule has 0 bridgehead atoms. The summed E-state index contributed by atoms with van der Waals surface area (Å²) in [6, 6.07) is 18.3. The first kappa shape index (κ1) is 48.1. The van der Waals surface area contributed by atoms with Gasteiger partial charge in [0.25, 0.3) is 0 Å². The summed E-state index contributed by atoms with van der Waals surface area (Å²) in [5.41, 5.74) is 11.0. The zero-order valence-corrected chi connectivity index (χ0v) is 43.7. The average Bonchev–Trinajstić information content (AvgIpc) is 4.11. The Balaban J connectivity index is 1.39. The summed E-state index contributed by atoms with van der Waals surface area (Å²) in [4.78, 5) is 15.5. The number of ether oxygens (including phenoxy) is 4. The molecule has 11 heteroatoms. The zero-order valence-electron chi connectivity index (χ0n) is 39.6. The lowest BCUT2D eigenvalue weighted by molar-refractivity contribution is 0.242. The predicted molar refractivity (Wildman–Crippen MR) is 280 cm³/mol. The molecule has 0 amide bonds. The van der Waals surface area contributed by atoms with Gasteiger partial charge >= 0.3 is 0 Å². The molecule has 0 atom stereocenters. The molecule has 0 radical (unpaired) electrons. The molecule has 5 heterocycles. The minimum Gasteiger partial charge on any atom is -0.496 e. The molecule has 65 heavy (non-hydrogen) atoms. The summed E-state index contributed by atoms with van der Waals surface area (Å²) in [6.07, 6.45) is 6.43. The van der Waals surface area contributed by atoms with Gasteiger partial charge in [0.05, 0.1) is 59.4 Å². The number of unbranched alkanes of at least 4 members (excludes halogenated alkanes) is 2. The number of benzene rings is 2. The topological polar surface area (TPSA) is 65.1 Å². The third-order valence-corrected chi connectivity index (χ3v) is 18.7. The van der Waals surface area contributed by atoms with Crippen molar-refractivity contribution in [2.75, 3.05) is 14.2 Å². The molecule has 0 unspecified atom stereocenters. The normalized spacial score (nSPS) is 11.4. The summed E-state index contributed by atoms with van der Waals surface area (Å²) in [5.74, 6) is 2.95. The summed E-state index contributed by atoms with van der Waals surface area (Å²) in [5, 5.41) is 10.6. The average molecular weight is 959 g/mol. The highest BCUT2D eigenvalue weighted by Gasteiger charge is 2.30. The molecule has 0 aliphatic rings. The van der Waals surface area contributed by atoms with Crippen LogP contribution in [-0.2, 0) is 12.8 Å². The molecule has 338 valence electrons. The quantitative estimate of drug-likeness (QED) is 0.0802. The number of nitrogens with zero attached hydrogens (tertiary/aromatic N) is 2. The van der Waals surface area contributed by atoms with Gasteiger partial charge in [-0.1, -0.05) is 38.8 Å². The zero-order chi connectivity index (χ0) is 46.7. The first-order valence-electron chi connectivity index (χ1n) is 22.4. The number of nitriles is 1. The Bertz CT molecular complexity index is 2730. The minimum atomic E-state index is -0.0173. The molecule has 0 aliphatic carbocycles. The van der Waals surface area contributed by atoms with Gasteiger partial charge in [-0.05, 0) is 151 Å². The van der Waals surface area contributed by atoms with Gasteiger partial charge in [-0.25, -0.2) is 4.85 Å². The number of thiophene rings is 5. The van der Waals surface area contributed by atoms with E-state index in [1.165, 1.54) is 52.9 Å². The van der Waals surface area contributed by atoms with Crippen molar-refractivity contribution in [3.63, 3.8) is 0 Å². The van der Waals surface area contributed by atoms with Gasteiger partial charge in [0.2, 0.25) is 5.69 Å². The van der Waals surface area contributed by atoms with E-state index < -0.39 is 0 Å². The van der Waals surface area contributed by atoms with Crippen LogP contribution in [0.1, 0.15) is 106 Å². The highest BCUT2D eigenvalue weighted by atomic mass is 32.1. The fraction of sp³-hybridized carbons (Fsp3) is 0.370. The maximum absolute atomic E-state index is 10.6. The lowest BCUT2D eigenvalue weighted by Gasteiger charge is -2.16. The van der Waals surface area contributed by atoms with Crippen LogP contribution in [0.15, 0.2) is 48.5 Å². The van der Waals surface area contributed by atoms with Crippen LogP contribution >= 0.6 is 56.7 Å². The molecule has 0 fully saturated rings. The van der Waals surface area contributed by atoms with E-state index in [9.17, 15) is 5.26 Å². The van der Waals surface area contributed by atoms with Crippen LogP contribution in [0.25, 0.3) is 64.7 Å². The lowest BCUT2D eigenvalue weighted by Crippen LogP contribution is -2.06.